The Morgan fingerprint density at radius 3 is 2.67 bits per heavy atom. The summed E-state index contributed by atoms with van der Waals surface area (Å²) in [5.74, 6) is 1.12. The van der Waals surface area contributed by atoms with Gasteiger partial charge in [0.1, 0.15) is 0 Å². The first-order valence-electron chi connectivity index (χ1n) is 5.56. The van der Waals surface area contributed by atoms with Crippen molar-refractivity contribution in [2.75, 3.05) is 6.54 Å². The molecule has 1 fully saturated rings. The predicted octanol–water partition coefficient (Wildman–Crippen LogP) is 2.95. The number of hydrogen-bond acceptors (Lipinski definition) is 1. The summed E-state index contributed by atoms with van der Waals surface area (Å²) in [5, 5.41) is 3.53. The van der Waals surface area contributed by atoms with E-state index in [1.165, 1.54) is 45.1 Å². The van der Waals surface area contributed by atoms with Gasteiger partial charge in [-0.3, -0.25) is 0 Å². The van der Waals surface area contributed by atoms with E-state index in [1.807, 2.05) is 0 Å². The highest BCUT2D eigenvalue weighted by atomic mass is 14.9. The Bertz CT molecular complexity index is 108. The summed E-state index contributed by atoms with van der Waals surface area (Å²) in [5.41, 5.74) is 0. The minimum absolute atomic E-state index is 0.714. The molecule has 0 aliphatic heterocycles. The van der Waals surface area contributed by atoms with Crippen molar-refractivity contribution in [2.45, 2.75) is 58.4 Å². The lowest BCUT2D eigenvalue weighted by molar-refractivity contribution is 0.505. The van der Waals surface area contributed by atoms with Crippen molar-refractivity contribution in [2.24, 2.45) is 5.92 Å². The zero-order valence-corrected chi connectivity index (χ0v) is 8.60. The minimum Gasteiger partial charge on any atom is -0.314 e. The lowest BCUT2D eigenvalue weighted by atomic mass is 10.1. The Balaban J connectivity index is 1.75. The highest BCUT2D eigenvalue weighted by Crippen LogP contribution is 2.33. The molecule has 1 unspecified atom stereocenters. The molecule has 0 heterocycles. The average Bonchev–Trinajstić information content (AvgIpc) is 2.87. The lowest BCUT2D eigenvalue weighted by Gasteiger charge is -2.10. The van der Waals surface area contributed by atoms with Gasteiger partial charge in [-0.1, -0.05) is 32.6 Å². The van der Waals surface area contributed by atoms with E-state index in [2.05, 4.69) is 19.2 Å². The van der Waals surface area contributed by atoms with Gasteiger partial charge in [-0.05, 0) is 32.2 Å². The molecule has 1 atom stereocenters. The van der Waals surface area contributed by atoms with E-state index in [0.717, 1.165) is 5.92 Å². The number of rotatable bonds is 7. The van der Waals surface area contributed by atoms with Gasteiger partial charge in [-0.25, -0.2) is 0 Å². The first-order valence-corrected chi connectivity index (χ1v) is 5.56. The van der Waals surface area contributed by atoms with Crippen LogP contribution in [0.2, 0.25) is 0 Å². The zero-order valence-electron chi connectivity index (χ0n) is 8.60. The maximum atomic E-state index is 3.53. The van der Waals surface area contributed by atoms with Crippen LogP contribution in [-0.4, -0.2) is 12.6 Å². The van der Waals surface area contributed by atoms with Crippen LogP contribution in [0.3, 0.4) is 0 Å². The molecule has 0 bridgehead atoms. The quantitative estimate of drug-likeness (QED) is 0.578. The van der Waals surface area contributed by atoms with Crippen molar-refractivity contribution in [3.63, 3.8) is 0 Å². The summed E-state index contributed by atoms with van der Waals surface area (Å²) < 4.78 is 0. The monoisotopic (exact) mass is 169 g/mol. The number of unbranched alkanes of at least 4 members (excludes halogenated alkanes) is 1. The van der Waals surface area contributed by atoms with Gasteiger partial charge in [0.05, 0.1) is 0 Å². The van der Waals surface area contributed by atoms with Crippen LogP contribution >= 0.6 is 0 Å². The topological polar surface area (TPSA) is 12.0 Å². The fraction of sp³-hybridized carbons (Fsp3) is 1.00. The van der Waals surface area contributed by atoms with E-state index >= 15 is 0 Å². The van der Waals surface area contributed by atoms with Crippen LogP contribution < -0.4 is 5.32 Å². The average molecular weight is 169 g/mol. The Morgan fingerprint density at radius 1 is 1.33 bits per heavy atom. The van der Waals surface area contributed by atoms with Crippen molar-refractivity contribution in [3.05, 3.63) is 0 Å². The Labute approximate surface area is 76.9 Å². The third-order valence-electron chi connectivity index (χ3n) is 2.84. The van der Waals surface area contributed by atoms with E-state index in [1.54, 1.807) is 0 Å². The van der Waals surface area contributed by atoms with Crippen LogP contribution in [0.5, 0.6) is 0 Å². The predicted molar refractivity (Wildman–Crippen MR) is 54.3 cm³/mol. The summed E-state index contributed by atoms with van der Waals surface area (Å²) in [6.45, 7) is 5.73. The Kier molecular flexibility index (Phi) is 4.67. The van der Waals surface area contributed by atoms with Gasteiger partial charge in [-0.15, -0.1) is 0 Å². The second-order valence-corrected chi connectivity index (χ2v) is 4.20. The third kappa shape index (κ3) is 4.76. The maximum Gasteiger partial charge on any atom is 0.00360 e. The van der Waals surface area contributed by atoms with Crippen molar-refractivity contribution in [1.82, 2.24) is 5.32 Å². The van der Waals surface area contributed by atoms with Gasteiger partial charge in [-0.2, -0.15) is 0 Å². The lowest BCUT2D eigenvalue weighted by Crippen LogP contribution is -2.25. The summed E-state index contributed by atoms with van der Waals surface area (Å²) in [7, 11) is 0. The molecular formula is C11H23N. The van der Waals surface area contributed by atoms with E-state index in [-0.39, 0.29) is 0 Å². The number of nitrogens with one attached hydrogen (secondary N) is 1. The molecule has 1 rings (SSSR count). The molecule has 1 N–H and O–H groups in total. The molecule has 1 heteroatoms. The molecule has 72 valence electrons. The highest BCUT2D eigenvalue weighted by molar-refractivity contribution is 4.72. The molecule has 12 heavy (non-hydrogen) atoms. The largest absolute Gasteiger partial charge is 0.314 e. The molecule has 0 aromatic heterocycles. The van der Waals surface area contributed by atoms with Crippen molar-refractivity contribution in [1.29, 1.82) is 0 Å². The second-order valence-electron chi connectivity index (χ2n) is 4.20. The minimum atomic E-state index is 0.714. The van der Waals surface area contributed by atoms with E-state index in [4.69, 9.17) is 0 Å². The van der Waals surface area contributed by atoms with E-state index < -0.39 is 0 Å². The standard InChI is InChI=1S/C11H23N/c1-3-10(2)12-9-5-4-6-11-7-8-11/h10-12H,3-9H2,1-2H3. The zero-order chi connectivity index (χ0) is 8.81. The van der Waals surface area contributed by atoms with Crippen LogP contribution in [0.15, 0.2) is 0 Å². The van der Waals surface area contributed by atoms with Crippen molar-refractivity contribution < 1.29 is 0 Å². The molecule has 0 spiro atoms. The smallest absolute Gasteiger partial charge is 0.00360 e. The molecule has 1 nitrogen and oxygen atoms in total. The Morgan fingerprint density at radius 2 is 2.08 bits per heavy atom. The summed E-state index contributed by atoms with van der Waals surface area (Å²) in [6, 6.07) is 0.714. The fourth-order valence-electron chi connectivity index (χ4n) is 1.46. The fourth-order valence-corrected chi connectivity index (χ4v) is 1.46. The van der Waals surface area contributed by atoms with Crippen LogP contribution in [-0.2, 0) is 0 Å². The molecule has 0 aromatic carbocycles. The van der Waals surface area contributed by atoms with Crippen LogP contribution in [0.1, 0.15) is 52.4 Å². The molecule has 1 aliphatic carbocycles. The summed E-state index contributed by atoms with van der Waals surface area (Å²) in [4.78, 5) is 0. The molecule has 0 saturated heterocycles. The SMILES string of the molecule is CCC(C)NCCCCC1CC1. The number of hydrogen-bond donors (Lipinski definition) is 1. The van der Waals surface area contributed by atoms with Crippen molar-refractivity contribution >= 4 is 0 Å². The molecule has 0 aromatic rings. The van der Waals surface area contributed by atoms with Gasteiger partial charge >= 0.3 is 0 Å². The Hall–Kier alpha value is -0.0400. The van der Waals surface area contributed by atoms with Gasteiger partial charge < -0.3 is 5.32 Å². The molecular weight excluding hydrogens is 146 g/mol. The molecule has 1 aliphatic rings. The van der Waals surface area contributed by atoms with Gasteiger partial charge in [0, 0.05) is 6.04 Å². The van der Waals surface area contributed by atoms with Crippen LogP contribution in [0.4, 0.5) is 0 Å². The third-order valence-corrected chi connectivity index (χ3v) is 2.84. The van der Waals surface area contributed by atoms with Gasteiger partial charge in [0.2, 0.25) is 0 Å². The van der Waals surface area contributed by atoms with E-state index in [0.29, 0.717) is 6.04 Å². The summed E-state index contributed by atoms with van der Waals surface area (Å²) in [6.07, 6.45) is 8.58. The summed E-state index contributed by atoms with van der Waals surface area (Å²) >= 11 is 0. The normalized spacial score (nSPS) is 19.5. The first-order chi connectivity index (χ1) is 5.83. The van der Waals surface area contributed by atoms with E-state index in [9.17, 15) is 0 Å². The molecule has 0 radical (unpaired) electrons. The highest BCUT2D eigenvalue weighted by Gasteiger charge is 2.19. The second kappa shape index (κ2) is 5.58. The first kappa shape index (κ1) is 10.0. The maximum absolute atomic E-state index is 3.53. The van der Waals surface area contributed by atoms with Crippen LogP contribution in [0, 0.1) is 5.92 Å². The van der Waals surface area contributed by atoms with Gasteiger partial charge in [0.15, 0.2) is 0 Å². The molecule has 0 amide bonds. The van der Waals surface area contributed by atoms with Crippen molar-refractivity contribution in [3.8, 4) is 0 Å². The van der Waals surface area contributed by atoms with Crippen LogP contribution in [0.25, 0.3) is 0 Å². The molecule has 1 saturated carbocycles. The van der Waals surface area contributed by atoms with Gasteiger partial charge in [0.25, 0.3) is 0 Å².